The van der Waals surface area contributed by atoms with E-state index in [0.29, 0.717) is 6.67 Å². The Hall–Kier alpha value is -3.51. The number of hydrogen-bond donors (Lipinski definition) is 1. The Morgan fingerprint density at radius 2 is 1.78 bits per heavy atom. The molecule has 0 radical (unpaired) electrons. The summed E-state index contributed by atoms with van der Waals surface area (Å²) < 4.78 is 3.94. The van der Waals surface area contributed by atoms with Gasteiger partial charge < -0.3 is 9.67 Å². The lowest BCUT2D eigenvalue weighted by Crippen LogP contribution is -2.09. The number of pyridine rings is 1. The number of rotatable bonds is 4. The van der Waals surface area contributed by atoms with E-state index in [2.05, 4.69) is 27.1 Å². The van der Waals surface area contributed by atoms with Crippen molar-refractivity contribution in [2.75, 3.05) is 0 Å². The molecular weight excluding hydrogens is 338 g/mol. The van der Waals surface area contributed by atoms with Crippen molar-refractivity contribution < 1.29 is 5.11 Å². The highest BCUT2D eigenvalue weighted by molar-refractivity contribution is 5.75. The van der Waals surface area contributed by atoms with Crippen LogP contribution < -0.4 is 0 Å². The molecule has 0 saturated heterocycles. The third-order valence-corrected chi connectivity index (χ3v) is 4.74. The van der Waals surface area contributed by atoms with E-state index in [1.807, 2.05) is 65.5 Å². The Kier molecular flexibility index (Phi) is 3.69. The number of hydrogen-bond acceptors (Lipinski definition) is 4. The maximum atomic E-state index is 9.58. The summed E-state index contributed by atoms with van der Waals surface area (Å²) in [6.45, 7) is 0.572. The molecule has 3 heterocycles. The van der Waals surface area contributed by atoms with Crippen LogP contribution in [-0.4, -0.2) is 29.7 Å². The molecule has 1 aromatic heterocycles. The number of aliphatic hydroxyl groups excluding tert-OH is 1. The summed E-state index contributed by atoms with van der Waals surface area (Å²) in [6.07, 6.45) is 4.05. The lowest BCUT2D eigenvalue weighted by atomic mass is 10.1. The fourth-order valence-corrected chi connectivity index (χ4v) is 3.38. The number of aromatic nitrogens is 5. The van der Waals surface area contributed by atoms with E-state index in [1.165, 1.54) is 0 Å². The van der Waals surface area contributed by atoms with Gasteiger partial charge in [-0.05, 0) is 29.8 Å². The maximum Gasteiger partial charge on any atom is 0.118 e. The predicted octanol–water partition coefficient (Wildman–Crippen LogP) is 3.40. The van der Waals surface area contributed by atoms with Gasteiger partial charge in [-0.25, -0.2) is 9.67 Å². The van der Waals surface area contributed by atoms with Crippen LogP contribution in [0.5, 0.6) is 0 Å². The highest BCUT2D eigenvalue weighted by Gasteiger charge is 2.13. The van der Waals surface area contributed by atoms with Crippen LogP contribution in [-0.2, 0) is 13.3 Å². The predicted molar refractivity (Wildman–Crippen MR) is 103 cm³/mol. The van der Waals surface area contributed by atoms with Crippen LogP contribution >= 0.6 is 0 Å². The van der Waals surface area contributed by atoms with E-state index in [9.17, 15) is 5.11 Å². The number of para-hydroxylation sites is 1. The van der Waals surface area contributed by atoms with Crippen molar-refractivity contribution in [3.63, 3.8) is 0 Å². The quantitative estimate of drug-likeness (QED) is 0.536. The normalized spacial score (nSPS) is 11.4. The molecule has 0 amide bonds. The molecule has 6 heteroatoms. The number of benzene rings is 2. The minimum absolute atomic E-state index is 0.00124. The van der Waals surface area contributed by atoms with Gasteiger partial charge in [-0.3, -0.25) is 0 Å². The molecule has 27 heavy (non-hydrogen) atoms. The third-order valence-electron chi connectivity index (χ3n) is 4.74. The molecule has 132 valence electrons. The minimum Gasteiger partial charge on any atom is -0.392 e. The monoisotopic (exact) mass is 355 g/mol. The number of fused-ring (bicyclic) bond motifs is 2. The first-order valence-electron chi connectivity index (χ1n) is 8.76. The van der Waals surface area contributed by atoms with Gasteiger partial charge in [0, 0.05) is 23.5 Å². The second-order valence-corrected chi connectivity index (χ2v) is 6.48. The van der Waals surface area contributed by atoms with Crippen LogP contribution in [0.15, 0.2) is 73.1 Å². The first-order valence-corrected chi connectivity index (χ1v) is 8.76. The van der Waals surface area contributed by atoms with E-state index in [1.54, 1.807) is 0 Å². The molecule has 6 nitrogen and oxygen atoms in total. The molecule has 2 aliphatic heterocycles. The molecule has 3 aromatic rings. The highest BCUT2D eigenvalue weighted by Crippen LogP contribution is 2.30. The lowest BCUT2D eigenvalue weighted by Gasteiger charge is -2.08. The Labute approximate surface area is 155 Å². The summed E-state index contributed by atoms with van der Waals surface area (Å²) in [5.41, 5.74) is 6.58. The first-order chi connectivity index (χ1) is 13.3. The zero-order valence-electron chi connectivity index (χ0n) is 14.5. The molecule has 0 saturated carbocycles. The van der Waals surface area contributed by atoms with Crippen molar-refractivity contribution in [1.29, 1.82) is 0 Å². The Balaban J connectivity index is 1.52. The Morgan fingerprint density at radius 1 is 0.926 bits per heavy atom. The summed E-state index contributed by atoms with van der Waals surface area (Å²) in [5, 5.41) is 18.0. The van der Waals surface area contributed by atoms with E-state index in [4.69, 9.17) is 4.98 Å². The molecule has 0 bridgehead atoms. The van der Waals surface area contributed by atoms with Crippen LogP contribution in [0.4, 0.5) is 0 Å². The van der Waals surface area contributed by atoms with Gasteiger partial charge >= 0.3 is 0 Å². The van der Waals surface area contributed by atoms with Crippen LogP contribution in [0.3, 0.4) is 0 Å². The average Bonchev–Trinajstić information content (AvgIpc) is 3.32. The summed E-state index contributed by atoms with van der Waals surface area (Å²) in [6, 6.07) is 19.8. The van der Waals surface area contributed by atoms with Crippen LogP contribution in [0.2, 0.25) is 0 Å². The van der Waals surface area contributed by atoms with Crippen molar-refractivity contribution in [1.82, 2.24) is 24.5 Å². The second kappa shape index (κ2) is 6.34. The standard InChI is InChI=1S/C21H17N5O/c27-13-15-5-1-2-6-17(15)20-11-16-12-25(10-9-18(16)22-20)14-26-21-8-4-3-7-19(21)23-24-26/h1-12,27H,13-14H2. The molecular formula is C21H17N5O. The molecule has 5 rings (SSSR count). The van der Waals surface area contributed by atoms with Crippen LogP contribution in [0, 0.1) is 0 Å². The molecule has 0 atom stereocenters. The second-order valence-electron chi connectivity index (χ2n) is 6.48. The van der Waals surface area contributed by atoms with E-state index < -0.39 is 0 Å². The minimum atomic E-state index is -0.00124. The molecule has 0 aliphatic carbocycles. The van der Waals surface area contributed by atoms with Gasteiger partial charge in [0.2, 0.25) is 0 Å². The average molecular weight is 355 g/mol. The highest BCUT2D eigenvalue weighted by atomic mass is 16.3. The molecule has 2 aliphatic rings. The van der Waals surface area contributed by atoms with Gasteiger partial charge in [-0.2, -0.15) is 0 Å². The van der Waals surface area contributed by atoms with Gasteiger partial charge in [0.1, 0.15) is 12.2 Å². The summed E-state index contributed by atoms with van der Waals surface area (Å²) in [5.74, 6) is 0. The number of aliphatic hydroxyl groups is 1. The van der Waals surface area contributed by atoms with Crippen molar-refractivity contribution in [2.45, 2.75) is 13.3 Å². The first kappa shape index (κ1) is 15.7. The van der Waals surface area contributed by atoms with Gasteiger partial charge in [0.15, 0.2) is 0 Å². The van der Waals surface area contributed by atoms with E-state index in [-0.39, 0.29) is 6.61 Å². The van der Waals surface area contributed by atoms with Gasteiger partial charge in [-0.1, -0.05) is 41.6 Å². The molecule has 2 aromatic carbocycles. The third kappa shape index (κ3) is 2.76. The topological polar surface area (TPSA) is 68.8 Å². The zero-order chi connectivity index (χ0) is 18.2. The van der Waals surface area contributed by atoms with Crippen molar-refractivity contribution in [3.05, 3.63) is 78.6 Å². The smallest absolute Gasteiger partial charge is 0.118 e. The fraction of sp³-hybridized carbons (Fsp3) is 0.0952. The Bertz CT molecular complexity index is 1210. The SMILES string of the molecule is OCc1ccccc1-c1cc2cn(Cn3nnc4ccccc43)ccc-2n1. The van der Waals surface area contributed by atoms with Crippen LogP contribution in [0.1, 0.15) is 5.56 Å². The summed E-state index contributed by atoms with van der Waals surface area (Å²) >= 11 is 0. The molecule has 0 fully saturated rings. The van der Waals surface area contributed by atoms with Crippen molar-refractivity contribution >= 4 is 11.0 Å². The van der Waals surface area contributed by atoms with Crippen molar-refractivity contribution in [3.8, 4) is 22.5 Å². The van der Waals surface area contributed by atoms with Gasteiger partial charge in [0.25, 0.3) is 0 Å². The van der Waals surface area contributed by atoms with Crippen LogP contribution in [0.25, 0.3) is 33.5 Å². The Morgan fingerprint density at radius 3 is 2.70 bits per heavy atom. The van der Waals surface area contributed by atoms with Gasteiger partial charge in [0.05, 0.1) is 23.5 Å². The van der Waals surface area contributed by atoms with Crippen molar-refractivity contribution in [2.24, 2.45) is 0 Å². The van der Waals surface area contributed by atoms with Gasteiger partial charge in [-0.15, -0.1) is 5.10 Å². The largest absolute Gasteiger partial charge is 0.392 e. The van der Waals surface area contributed by atoms with E-state index >= 15 is 0 Å². The zero-order valence-corrected chi connectivity index (χ0v) is 14.5. The number of nitrogens with zero attached hydrogens (tertiary/aromatic N) is 5. The molecule has 0 unspecified atom stereocenters. The molecule has 1 N–H and O–H groups in total. The fourth-order valence-electron chi connectivity index (χ4n) is 3.38. The summed E-state index contributed by atoms with van der Waals surface area (Å²) in [7, 11) is 0. The molecule has 0 spiro atoms. The lowest BCUT2D eigenvalue weighted by molar-refractivity contribution is 0.282. The summed E-state index contributed by atoms with van der Waals surface area (Å²) in [4.78, 5) is 4.72. The maximum absolute atomic E-state index is 9.58. The van der Waals surface area contributed by atoms with E-state index in [0.717, 1.165) is 39.1 Å².